The third-order valence-corrected chi connectivity index (χ3v) is 2.75. The highest BCUT2D eigenvalue weighted by molar-refractivity contribution is 14.0. The van der Waals surface area contributed by atoms with Crippen LogP contribution in [0.5, 0.6) is 0 Å². The molecule has 1 saturated heterocycles. The Morgan fingerprint density at radius 1 is 1.55 bits per heavy atom. The second-order valence-corrected chi connectivity index (χ2v) is 4.07. The number of ether oxygens (including phenoxy) is 1. The first-order chi connectivity index (χ1) is 9.27. The summed E-state index contributed by atoms with van der Waals surface area (Å²) in [5.41, 5.74) is 6.29. The van der Waals surface area contributed by atoms with Gasteiger partial charge in [-0.05, 0) is 6.07 Å². The van der Waals surface area contributed by atoms with Crippen molar-refractivity contribution in [3.8, 4) is 0 Å². The molecule has 0 aromatic carbocycles. The summed E-state index contributed by atoms with van der Waals surface area (Å²) in [6.07, 6.45) is 1.53. The van der Waals surface area contributed by atoms with Crippen LogP contribution in [-0.4, -0.2) is 66.4 Å². The van der Waals surface area contributed by atoms with Crippen LogP contribution >= 0.6 is 24.0 Å². The predicted molar refractivity (Wildman–Crippen MR) is 85.2 cm³/mol. The van der Waals surface area contributed by atoms with Crippen molar-refractivity contribution in [3.05, 3.63) is 18.0 Å². The zero-order chi connectivity index (χ0) is 13.5. The fourth-order valence-corrected chi connectivity index (χ4v) is 1.71. The van der Waals surface area contributed by atoms with Gasteiger partial charge in [-0.15, -0.1) is 24.0 Å². The maximum Gasteiger partial charge on any atom is 0.269 e. The number of guanidine groups is 1. The number of nitrogens with zero attached hydrogens (tertiary/aromatic N) is 3. The molecule has 1 aromatic rings. The highest BCUT2D eigenvalue weighted by atomic mass is 127. The molecule has 4 N–H and O–H groups in total. The largest absolute Gasteiger partial charge is 0.378 e. The Balaban J connectivity index is 0.00000200. The van der Waals surface area contributed by atoms with Gasteiger partial charge >= 0.3 is 0 Å². The maximum atomic E-state index is 11.6. The Kier molecular flexibility index (Phi) is 7.30. The molecule has 0 atom stereocenters. The summed E-state index contributed by atoms with van der Waals surface area (Å²) in [5.74, 6) is 0.303. The molecule has 2 rings (SSSR count). The van der Waals surface area contributed by atoms with Gasteiger partial charge in [-0.25, -0.2) is 0 Å². The zero-order valence-corrected chi connectivity index (χ0v) is 13.4. The van der Waals surface area contributed by atoms with E-state index in [2.05, 4.69) is 20.5 Å². The topological polar surface area (TPSA) is 109 Å². The number of rotatable bonds is 4. The second-order valence-electron chi connectivity index (χ2n) is 4.07. The summed E-state index contributed by atoms with van der Waals surface area (Å²) < 4.78 is 5.23. The number of hydrogen-bond acceptors (Lipinski definition) is 4. The van der Waals surface area contributed by atoms with Crippen LogP contribution in [0, 0.1) is 0 Å². The van der Waals surface area contributed by atoms with E-state index in [4.69, 9.17) is 10.5 Å². The lowest BCUT2D eigenvalue weighted by Crippen LogP contribution is -2.45. The van der Waals surface area contributed by atoms with E-state index < -0.39 is 0 Å². The van der Waals surface area contributed by atoms with Crippen LogP contribution in [-0.2, 0) is 4.74 Å². The lowest BCUT2D eigenvalue weighted by atomic mass is 10.4. The zero-order valence-electron chi connectivity index (χ0n) is 11.0. The van der Waals surface area contributed by atoms with E-state index >= 15 is 0 Å². The molecular weight excluding hydrogens is 375 g/mol. The molecular formula is C11H19IN6O2. The molecule has 0 spiro atoms. The van der Waals surface area contributed by atoms with Gasteiger partial charge < -0.3 is 20.7 Å². The van der Waals surface area contributed by atoms with Crippen molar-refractivity contribution in [3.63, 3.8) is 0 Å². The number of carbonyl (C=O) groups excluding carboxylic acids is 1. The molecule has 2 heterocycles. The first-order valence-electron chi connectivity index (χ1n) is 6.17. The Morgan fingerprint density at radius 2 is 2.30 bits per heavy atom. The molecule has 8 nitrogen and oxygen atoms in total. The van der Waals surface area contributed by atoms with Gasteiger partial charge in [-0.2, -0.15) is 5.10 Å². The highest BCUT2D eigenvalue weighted by Crippen LogP contribution is 1.95. The molecule has 0 saturated carbocycles. The van der Waals surface area contributed by atoms with E-state index in [-0.39, 0.29) is 29.9 Å². The van der Waals surface area contributed by atoms with Gasteiger partial charge in [0, 0.05) is 25.8 Å². The minimum absolute atomic E-state index is 0. The molecule has 1 amide bonds. The molecule has 1 aromatic heterocycles. The monoisotopic (exact) mass is 394 g/mol. The number of aromatic amines is 1. The fourth-order valence-electron chi connectivity index (χ4n) is 1.71. The van der Waals surface area contributed by atoms with Crippen LogP contribution in [0.1, 0.15) is 10.5 Å². The molecule has 0 unspecified atom stereocenters. The highest BCUT2D eigenvalue weighted by Gasteiger charge is 2.11. The number of carbonyl (C=O) groups is 1. The predicted octanol–water partition coefficient (Wildman–Crippen LogP) is -0.596. The second kappa shape index (κ2) is 8.74. The molecule has 20 heavy (non-hydrogen) atoms. The molecule has 1 aliphatic rings. The number of amides is 1. The van der Waals surface area contributed by atoms with E-state index in [0.29, 0.717) is 38.0 Å². The smallest absolute Gasteiger partial charge is 0.269 e. The maximum absolute atomic E-state index is 11.6. The third kappa shape index (κ3) is 4.96. The molecule has 9 heteroatoms. The molecule has 0 bridgehead atoms. The lowest BCUT2D eigenvalue weighted by molar-refractivity contribution is 0.0674. The van der Waals surface area contributed by atoms with E-state index in [9.17, 15) is 4.79 Å². The number of halogens is 1. The Labute approximate surface area is 134 Å². The third-order valence-electron chi connectivity index (χ3n) is 2.75. The number of H-pyrrole nitrogens is 1. The summed E-state index contributed by atoms with van der Waals surface area (Å²) in [7, 11) is 0. The van der Waals surface area contributed by atoms with Gasteiger partial charge in [0.15, 0.2) is 5.96 Å². The van der Waals surface area contributed by atoms with Gasteiger partial charge in [-0.3, -0.25) is 14.9 Å². The van der Waals surface area contributed by atoms with Gasteiger partial charge in [0.05, 0.1) is 19.8 Å². The summed E-state index contributed by atoms with van der Waals surface area (Å²) >= 11 is 0. The van der Waals surface area contributed by atoms with Crippen LogP contribution in [0.2, 0.25) is 0 Å². The van der Waals surface area contributed by atoms with Gasteiger partial charge in [0.2, 0.25) is 0 Å². The first kappa shape index (κ1) is 16.7. The van der Waals surface area contributed by atoms with E-state index in [1.807, 2.05) is 4.90 Å². The van der Waals surface area contributed by atoms with E-state index in [1.54, 1.807) is 6.07 Å². The van der Waals surface area contributed by atoms with Gasteiger partial charge in [0.1, 0.15) is 5.69 Å². The number of nitrogens with two attached hydrogens (primary N) is 1. The Hall–Kier alpha value is -1.36. The van der Waals surface area contributed by atoms with Crippen LogP contribution in [0.15, 0.2) is 17.3 Å². The average molecular weight is 394 g/mol. The standard InChI is InChI=1S/C11H18N6O2.HI/c12-11(17-5-7-19-8-6-17)14-4-3-13-10(18)9-1-2-15-16-9;/h1-2H,3-8H2,(H2,12,14)(H,13,18)(H,15,16);1H. The summed E-state index contributed by atoms with van der Waals surface area (Å²) in [6.45, 7) is 3.75. The van der Waals surface area contributed by atoms with Crippen molar-refractivity contribution < 1.29 is 9.53 Å². The minimum Gasteiger partial charge on any atom is -0.378 e. The SMILES string of the molecule is I.NC(=NCCNC(=O)c1ccn[nH]1)N1CCOCC1. The molecule has 1 fully saturated rings. The number of morpholine rings is 1. The molecule has 1 aliphatic heterocycles. The van der Waals surface area contributed by atoms with Crippen molar-refractivity contribution in [2.24, 2.45) is 10.7 Å². The number of nitrogens with one attached hydrogen (secondary N) is 2. The molecule has 112 valence electrons. The number of aliphatic imine (C=N–C) groups is 1. The summed E-state index contributed by atoms with van der Waals surface area (Å²) in [4.78, 5) is 17.8. The van der Waals surface area contributed by atoms with E-state index in [0.717, 1.165) is 13.1 Å². The number of aromatic nitrogens is 2. The van der Waals surface area contributed by atoms with Gasteiger partial charge in [0.25, 0.3) is 5.91 Å². The minimum atomic E-state index is -0.197. The molecule has 0 radical (unpaired) electrons. The van der Waals surface area contributed by atoms with Crippen LogP contribution in [0.3, 0.4) is 0 Å². The van der Waals surface area contributed by atoms with Crippen LogP contribution < -0.4 is 11.1 Å². The van der Waals surface area contributed by atoms with Gasteiger partial charge in [-0.1, -0.05) is 0 Å². The van der Waals surface area contributed by atoms with Crippen LogP contribution in [0.4, 0.5) is 0 Å². The quantitative estimate of drug-likeness (QED) is 0.274. The lowest BCUT2D eigenvalue weighted by Gasteiger charge is -2.27. The Morgan fingerprint density at radius 3 is 2.95 bits per heavy atom. The normalized spacial score (nSPS) is 15.6. The first-order valence-corrected chi connectivity index (χ1v) is 6.17. The van der Waals surface area contributed by atoms with Crippen molar-refractivity contribution >= 4 is 35.8 Å². The van der Waals surface area contributed by atoms with Crippen molar-refractivity contribution in [1.29, 1.82) is 0 Å². The van der Waals surface area contributed by atoms with E-state index in [1.165, 1.54) is 6.20 Å². The fraction of sp³-hybridized carbons (Fsp3) is 0.545. The van der Waals surface area contributed by atoms with Crippen LogP contribution in [0.25, 0.3) is 0 Å². The van der Waals surface area contributed by atoms with Crippen molar-refractivity contribution in [1.82, 2.24) is 20.4 Å². The summed E-state index contributed by atoms with van der Waals surface area (Å²) in [5, 5.41) is 9.03. The summed E-state index contributed by atoms with van der Waals surface area (Å²) in [6, 6.07) is 1.61. The molecule has 0 aliphatic carbocycles. The number of hydrogen-bond donors (Lipinski definition) is 3. The van der Waals surface area contributed by atoms with Crippen molar-refractivity contribution in [2.45, 2.75) is 0 Å². The van der Waals surface area contributed by atoms with Crippen molar-refractivity contribution in [2.75, 3.05) is 39.4 Å². The Bertz CT molecular complexity index is 430. The average Bonchev–Trinajstić information content (AvgIpc) is 2.98.